The van der Waals surface area contributed by atoms with Crippen molar-refractivity contribution in [2.45, 2.75) is 25.3 Å². The molecule has 2 saturated heterocycles. The summed E-state index contributed by atoms with van der Waals surface area (Å²) >= 11 is 0. The number of carbonyl (C=O) groups excluding carboxylic acids is 1. The van der Waals surface area contributed by atoms with Crippen molar-refractivity contribution in [2.24, 2.45) is 0 Å². The van der Waals surface area contributed by atoms with Gasteiger partial charge in [-0.05, 0) is 31.4 Å². The number of hydrogen-bond donors (Lipinski definition) is 2. The molecule has 0 aliphatic carbocycles. The number of aromatic nitrogens is 2. The third kappa shape index (κ3) is 3.43. The van der Waals surface area contributed by atoms with E-state index in [2.05, 4.69) is 15.1 Å². The van der Waals surface area contributed by atoms with Crippen molar-refractivity contribution in [2.75, 3.05) is 26.9 Å². The minimum absolute atomic E-state index is 0.0155. The predicted octanol–water partition coefficient (Wildman–Crippen LogP) is 1.54. The van der Waals surface area contributed by atoms with Gasteiger partial charge in [-0.25, -0.2) is 0 Å². The molecular formula is C17H22N4O4. The second-order valence-electron chi connectivity index (χ2n) is 6.20. The highest BCUT2D eigenvalue weighted by Crippen LogP contribution is 2.27. The molecule has 2 fully saturated rings. The molecule has 1 aromatic carbocycles. The normalized spacial score (nSPS) is 19.9. The van der Waals surface area contributed by atoms with Crippen LogP contribution in [0.25, 0.3) is 10.9 Å². The van der Waals surface area contributed by atoms with Crippen LogP contribution in [0.3, 0.4) is 0 Å². The number of aromatic amines is 1. The zero-order valence-corrected chi connectivity index (χ0v) is 14.1. The minimum atomic E-state index is -0.250. The lowest BCUT2D eigenvalue weighted by Gasteiger charge is -2.37. The Morgan fingerprint density at radius 3 is 2.96 bits per heavy atom. The van der Waals surface area contributed by atoms with Gasteiger partial charge in [0.1, 0.15) is 5.75 Å². The molecule has 4 rings (SSSR count). The summed E-state index contributed by atoms with van der Waals surface area (Å²) < 4.78 is 5.21. The number of rotatable bonds is 2. The van der Waals surface area contributed by atoms with Gasteiger partial charge in [0, 0.05) is 30.6 Å². The van der Waals surface area contributed by atoms with Gasteiger partial charge in [0.05, 0.1) is 19.3 Å². The average molecular weight is 346 g/mol. The summed E-state index contributed by atoms with van der Waals surface area (Å²) in [5, 5.41) is 14.9. The Kier molecular flexibility index (Phi) is 5.18. The molecule has 2 aliphatic heterocycles. The number of ether oxygens (including phenoxy) is 1. The van der Waals surface area contributed by atoms with Crippen LogP contribution in [0.15, 0.2) is 18.2 Å². The van der Waals surface area contributed by atoms with Crippen LogP contribution in [0.2, 0.25) is 0 Å². The summed E-state index contributed by atoms with van der Waals surface area (Å²) in [6.07, 6.45) is 3.59. The maximum atomic E-state index is 12.8. The van der Waals surface area contributed by atoms with Gasteiger partial charge in [-0.15, -0.1) is 0 Å². The number of methoxy groups -OCH3 is 1. The van der Waals surface area contributed by atoms with Crippen molar-refractivity contribution < 1.29 is 19.4 Å². The van der Waals surface area contributed by atoms with Crippen LogP contribution in [0, 0.1) is 0 Å². The summed E-state index contributed by atoms with van der Waals surface area (Å²) in [7, 11) is 1.63. The lowest BCUT2D eigenvalue weighted by molar-refractivity contribution is -0.122. The van der Waals surface area contributed by atoms with Crippen molar-refractivity contribution in [3.63, 3.8) is 0 Å². The molecule has 3 heterocycles. The number of amides is 1. The highest BCUT2D eigenvalue weighted by molar-refractivity contribution is 6.04. The number of hydrogen-bond acceptors (Lipinski definition) is 5. The number of fused-ring (bicyclic) bond motifs is 2. The average Bonchev–Trinajstić information content (AvgIpc) is 3.27. The molecule has 8 nitrogen and oxygen atoms in total. The first-order chi connectivity index (χ1) is 12.2. The van der Waals surface area contributed by atoms with E-state index < -0.39 is 0 Å². The Hall–Kier alpha value is -2.61. The molecule has 0 spiro atoms. The van der Waals surface area contributed by atoms with E-state index in [1.807, 2.05) is 23.1 Å². The quantitative estimate of drug-likeness (QED) is 0.801. The number of benzene rings is 1. The van der Waals surface area contributed by atoms with E-state index in [9.17, 15) is 4.79 Å². The van der Waals surface area contributed by atoms with Crippen molar-refractivity contribution in [3.8, 4) is 5.75 Å². The molecule has 1 amide bonds. The molecule has 2 aromatic rings. The molecule has 1 atom stereocenters. The summed E-state index contributed by atoms with van der Waals surface area (Å²) in [6, 6.07) is 6.30. The third-order valence-corrected chi connectivity index (χ3v) is 4.84. The second kappa shape index (κ2) is 7.52. The molecule has 1 aromatic heterocycles. The Bertz CT molecular complexity index is 760. The fraction of sp³-hybridized carbons (Fsp3) is 0.471. The van der Waals surface area contributed by atoms with Crippen molar-refractivity contribution in [1.82, 2.24) is 20.0 Å². The fourth-order valence-corrected chi connectivity index (χ4v) is 3.61. The van der Waals surface area contributed by atoms with Gasteiger partial charge < -0.3 is 14.7 Å². The first-order valence-electron chi connectivity index (χ1n) is 8.31. The summed E-state index contributed by atoms with van der Waals surface area (Å²) in [6.45, 7) is 2.41. The molecule has 2 N–H and O–H groups in total. The Balaban J connectivity index is 0.000000569. The van der Waals surface area contributed by atoms with Gasteiger partial charge >= 0.3 is 0 Å². The van der Waals surface area contributed by atoms with E-state index in [-0.39, 0.29) is 12.4 Å². The smallest absolute Gasteiger partial charge is 0.290 e. The van der Waals surface area contributed by atoms with Crippen LogP contribution in [0.1, 0.15) is 29.8 Å². The van der Waals surface area contributed by atoms with Gasteiger partial charge in [-0.3, -0.25) is 19.6 Å². The van der Waals surface area contributed by atoms with Crippen molar-refractivity contribution >= 4 is 23.3 Å². The molecular weight excluding hydrogens is 324 g/mol. The largest absolute Gasteiger partial charge is 0.497 e. The van der Waals surface area contributed by atoms with Crippen LogP contribution in [-0.2, 0) is 4.79 Å². The van der Waals surface area contributed by atoms with E-state index in [1.54, 1.807) is 7.11 Å². The molecule has 0 saturated carbocycles. The van der Waals surface area contributed by atoms with E-state index in [4.69, 9.17) is 14.6 Å². The van der Waals surface area contributed by atoms with E-state index in [1.165, 1.54) is 12.8 Å². The van der Waals surface area contributed by atoms with E-state index in [0.717, 1.165) is 42.8 Å². The number of nitrogens with zero attached hydrogens (tertiary/aromatic N) is 3. The van der Waals surface area contributed by atoms with Crippen LogP contribution in [-0.4, -0.2) is 70.4 Å². The van der Waals surface area contributed by atoms with Gasteiger partial charge in [0.25, 0.3) is 12.4 Å². The van der Waals surface area contributed by atoms with Crippen LogP contribution < -0.4 is 4.74 Å². The summed E-state index contributed by atoms with van der Waals surface area (Å²) in [4.78, 5) is 25.5. The van der Waals surface area contributed by atoms with Gasteiger partial charge in [0.2, 0.25) is 0 Å². The molecule has 0 radical (unpaired) electrons. The summed E-state index contributed by atoms with van der Waals surface area (Å²) in [5.41, 5.74) is 1.34. The topological polar surface area (TPSA) is 98.8 Å². The highest BCUT2D eigenvalue weighted by Gasteiger charge is 2.33. The molecule has 0 bridgehead atoms. The molecule has 25 heavy (non-hydrogen) atoms. The van der Waals surface area contributed by atoms with Crippen LogP contribution in [0.5, 0.6) is 5.75 Å². The zero-order chi connectivity index (χ0) is 17.8. The van der Waals surface area contributed by atoms with Crippen molar-refractivity contribution in [3.05, 3.63) is 23.9 Å². The van der Waals surface area contributed by atoms with Gasteiger partial charge in [-0.1, -0.05) is 0 Å². The van der Waals surface area contributed by atoms with Crippen molar-refractivity contribution in [1.29, 1.82) is 0 Å². The molecule has 8 heteroatoms. The molecule has 2 aliphatic rings. The Morgan fingerprint density at radius 2 is 2.20 bits per heavy atom. The lowest BCUT2D eigenvalue weighted by Crippen LogP contribution is -2.49. The van der Waals surface area contributed by atoms with Gasteiger partial charge in [0.15, 0.2) is 5.69 Å². The third-order valence-electron chi connectivity index (χ3n) is 4.84. The van der Waals surface area contributed by atoms with E-state index in [0.29, 0.717) is 11.7 Å². The number of carbonyl (C=O) groups is 2. The Labute approximate surface area is 145 Å². The van der Waals surface area contributed by atoms with Crippen LogP contribution in [0.4, 0.5) is 0 Å². The number of carboxylic acid groups (broad SMARTS) is 1. The lowest BCUT2D eigenvalue weighted by atomic mass is 10.1. The maximum Gasteiger partial charge on any atom is 0.290 e. The fourth-order valence-electron chi connectivity index (χ4n) is 3.61. The molecule has 134 valence electrons. The van der Waals surface area contributed by atoms with Gasteiger partial charge in [-0.2, -0.15) is 5.10 Å². The predicted molar refractivity (Wildman–Crippen MR) is 91.6 cm³/mol. The maximum absolute atomic E-state index is 12.8. The minimum Gasteiger partial charge on any atom is -0.497 e. The molecule has 1 unspecified atom stereocenters. The van der Waals surface area contributed by atoms with Crippen LogP contribution >= 0.6 is 0 Å². The SMILES string of the molecule is COc1ccc2c(C(=O)N3CCC4CCCN4C3)n[nH]c2c1.O=CO. The summed E-state index contributed by atoms with van der Waals surface area (Å²) in [5.74, 6) is 0.773. The first-order valence-corrected chi connectivity index (χ1v) is 8.31. The van der Waals surface area contributed by atoms with E-state index >= 15 is 0 Å². The zero-order valence-electron chi connectivity index (χ0n) is 14.1. The Morgan fingerprint density at radius 1 is 1.40 bits per heavy atom. The highest BCUT2D eigenvalue weighted by atomic mass is 16.5. The first kappa shape index (κ1) is 17.2. The monoisotopic (exact) mass is 346 g/mol. The number of H-pyrrole nitrogens is 1. The standard InChI is InChI=1S/C16H20N4O2.CH2O2/c1-22-12-4-5-13-14(9-12)17-18-15(13)16(21)20-8-6-11-3-2-7-19(11)10-20;2-1-3/h4-5,9,11H,2-3,6-8,10H2,1H3,(H,17,18);1H,(H,2,3). The second-order valence-corrected chi connectivity index (χ2v) is 6.20. The number of nitrogens with one attached hydrogen (secondary N) is 1.